The lowest BCUT2D eigenvalue weighted by Gasteiger charge is -2.20. The van der Waals surface area contributed by atoms with Crippen molar-refractivity contribution < 1.29 is 14.0 Å². The molecule has 4 rings (SSSR count). The summed E-state index contributed by atoms with van der Waals surface area (Å²) in [6.45, 7) is 3.30. The van der Waals surface area contributed by atoms with Gasteiger partial charge in [0.1, 0.15) is 5.52 Å². The lowest BCUT2D eigenvalue weighted by Crippen LogP contribution is -2.08. The number of hydrogen-bond acceptors (Lipinski definition) is 5. The molecule has 0 unspecified atom stereocenters. The summed E-state index contributed by atoms with van der Waals surface area (Å²) in [7, 11) is -2.90. The van der Waals surface area contributed by atoms with Crippen molar-refractivity contribution in [2.45, 2.75) is 6.61 Å². The molecular weight excluding hydrogens is 319 g/mol. The van der Waals surface area contributed by atoms with Gasteiger partial charge in [0.2, 0.25) is 0 Å². The number of non-ortho nitro benzene ring substituents is 1. The highest BCUT2D eigenvalue weighted by molar-refractivity contribution is 7.54. The van der Waals surface area contributed by atoms with Gasteiger partial charge in [-0.25, -0.2) is 14.3 Å². The summed E-state index contributed by atoms with van der Waals surface area (Å²) < 4.78 is 22.4. The molecule has 2 aromatic rings. The molecule has 0 bridgehead atoms. The van der Waals surface area contributed by atoms with Crippen LogP contribution in [0.5, 0.6) is 0 Å². The van der Waals surface area contributed by atoms with Gasteiger partial charge in [-0.2, -0.15) is 0 Å². The highest BCUT2D eigenvalue weighted by atomic mass is 31.2. The Labute approximate surface area is 132 Å². The predicted octanol–water partition coefficient (Wildman–Crippen LogP) is 2.40. The Bertz CT molecular complexity index is 819. The van der Waals surface area contributed by atoms with Crippen molar-refractivity contribution >= 4 is 24.3 Å². The predicted molar refractivity (Wildman–Crippen MR) is 83.9 cm³/mol. The molecular formula is C14H15N4O4P. The van der Waals surface area contributed by atoms with Crippen LogP contribution in [0.25, 0.3) is 10.9 Å². The average Bonchev–Trinajstić information content (AvgIpc) is 3.42. The molecule has 8 nitrogen and oxygen atoms in total. The van der Waals surface area contributed by atoms with Gasteiger partial charge in [-0.3, -0.25) is 14.7 Å². The minimum Gasteiger partial charge on any atom is -0.301 e. The van der Waals surface area contributed by atoms with Crippen LogP contribution in [-0.4, -0.2) is 45.4 Å². The molecule has 9 heteroatoms. The first-order valence-corrected chi connectivity index (χ1v) is 8.89. The van der Waals surface area contributed by atoms with E-state index in [1.54, 1.807) is 18.2 Å². The normalized spacial score (nSPS) is 18.3. The fraction of sp³-hybridized carbons (Fsp3) is 0.357. The molecule has 1 aromatic heterocycles. The average molecular weight is 334 g/mol. The molecule has 2 saturated heterocycles. The van der Waals surface area contributed by atoms with Crippen molar-refractivity contribution in [2.24, 2.45) is 0 Å². The molecule has 2 aliphatic heterocycles. The first-order valence-electron chi connectivity index (χ1n) is 7.36. The Balaban J connectivity index is 1.66. The van der Waals surface area contributed by atoms with Crippen LogP contribution in [0.2, 0.25) is 0 Å². The van der Waals surface area contributed by atoms with Crippen LogP contribution in [0.3, 0.4) is 0 Å². The van der Waals surface area contributed by atoms with Gasteiger partial charge in [0.15, 0.2) is 0 Å². The molecule has 0 atom stereocenters. The first kappa shape index (κ1) is 14.7. The summed E-state index contributed by atoms with van der Waals surface area (Å²) in [4.78, 5) is 14.8. The fourth-order valence-electron chi connectivity index (χ4n) is 2.58. The number of nitro benzene ring substituents is 1. The van der Waals surface area contributed by atoms with Gasteiger partial charge < -0.3 is 4.52 Å². The lowest BCUT2D eigenvalue weighted by atomic mass is 10.1. The number of benzene rings is 1. The van der Waals surface area contributed by atoms with Crippen LogP contribution >= 0.6 is 7.67 Å². The Kier molecular flexibility index (Phi) is 3.42. The van der Waals surface area contributed by atoms with Gasteiger partial charge >= 0.3 is 7.67 Å². The maximum absolute atomic E-state index is 12.9. The Morgan fingerprint density at radius 3 is 2.52 bits per heavy atom. The minimum absolute atomic E-state index is 0.0376. The number of hydrogen-bond donors (Lipinski definition) is 0. The highest BCUT2D eigenvalue weighted by Crippen LogP contribution is 2.61. The smallest absolute Gasteiger partial charge is 0.301 e. The summed E-state index contributed by atoms with van der Waals surface area (Å²) >= 11 is 0. The molecule has 2 aliphatic rings. The van der Waals surface area contributed by atoms with Gasteiger partial charge in [-0.05, 0) is 17.7 Å². The number of aromatic nitrogens is 1. The van der Waals surface area contributed by atoms with Crippen LogP contribution in [0.4, 0.5) is 5.69 Å². The summed E-state index contributed by atoms with van der Waals surface area (Å²) in [5, 5.41) is 11.8. The summed E-state index contributed by atoms with van der Waals surface area (Å²) in [5.41, 5.74) is 1.04. The molecule has 0 spiro atoms. The molecule has 23 heavy (non-hydrogen) atoms. The molecule has 0 N–H and O–H groups in total. The van der Waals surface area contributed by atoms with Crippen LogP contribution in [0.1, 0.15) is 5.56 Å². The summed E-state index contributed by atoms with van der Waals surface area (Å²) in [6.07, 6.45) is 1.52. The number of nitrogens with zero attached hydrogens (tertiary/aromatic N) is 4. The Hall–Kier alpha value is -1.86. The Morgan fingerprint density at radius 2 is 1.91 bits per heavy atom. The maximum Gasteiger partial charge on any atom is 0.346 e. The molecule has 0 aliphatic carbocycles. The molecule has 120 valence electrons. The van der Waals surface area contributed by atoms with E-state index >= 15 is 0 Å². The zero-order valence-corrected chi connectivity index (χ0v) is 13.2. The van der Waals surface area contributed by atoms with Gasteiger partial charge in [0, 0.05) is 43.8 Å². The molecule has 2 fully saturated rings. The Morgan fingerprint density at radius 1 is 1.22 bits per heavy atom. The van der Waals surface area contributed by atoms with Crippen molar-refractivity contribution in [1.29, 1.82) is 0 Å². The van der Waals surface area contributed by atoms with E-state index in [1.165, 1.54) is 12.3 Å². The van der Waals surface area contributed by atoms with Crippen LogP contribution in [-0.2, 0) is 15.7 Å². The second-order valence-corrected chi connectivity index (χ2v) is 7.94. The molecule has 1 aromatic carbocycles. The van der Waals surface area contributed by atoms with Crippen LogP contribution in [0, 0.1) is 10.1 Å². The third-order valence-electron chi connectivity index (χ3n) is 3.99. The highest BCUT2D eigenvalue weighted by Gasteiger charge is 2.49. The summed E-state index contributed by atoms with van der Waals surface area (Å²) in [5.74, 6) is 0. The minimum atomic E-state index is -2.90. The molecule has 3 heterocycles. The number of rotatable bonds is 6. The topological polar surface area (TPSA) is 88.4 Å². The monoisotopic (exact) mass is 334 g/mol. The van der Waals surface area contributed by atoms with E-state index < -0.39 is 12.6 Å². The molecule has 0 amide bonds. The van der Waals surface area contributed by atoms with Crippen molar-refractivity contribution in [3.63, 3.8) is 0 Å². The van der Waals surface area contributed by atoms with Crippen molar-refractivity contribution in [2.75, 3.05) is 26.2 Å². The van der Waals surface area contributed by atoms with Gasteiger partial charge in [-0.15, -0.1) is 0 Å². The first-order chi connectivity index (χ1) is 11.1. The van der Waals surface area contributed by atoms with Crippen molar-refractivity contribution in [1.82, 2.24) is 14.3 Å². The number of nitro groups is 1. The summed E-state index contributed by atoms with van der Waals surface area (Å²) in [6, 6.07) is 6.57. The van der Waals surface area contributed by atoms with E-state index in [-0.39, 0.29) is 12.3 Å². The SMILES string of the molecule is O=[N+]([O-])c1ccc(COP(=O)(N2CC2)N2CC2)c2cccnc12. The quantitative estimate of drug-likeness (QED) is 0.347. The van der Waals surface area contributed by atoms with E-state index in [2.05, 4.69) is 4.98 Å². The lowest BCUT2D eigenvalue weighted by molar-refractivity contribution is -0.383. The van der Waals surface area contributed by atoms with Crippen molar-refractivity contribution in [3.8, 4) is 0 Å². The third kappa shape index (κ3) is 2.64. The van der Waals surface area contributed by atoms with E-state index in [9.17, 15) is 14.7 Å². The maximum atomic E-state index is 12.9. The zero-order valence-electron chi connectivity index (χ0n) is 12.3. The zero-order chi connectivity index (χ0) is 16.0. The number of fused-ring (bicyclic) bond motifs is 1. The van der Waals surface area contributed by atoms with Crippen molar-refractivity contribution in [3.05, 3.63) is 46.1 Å². The fourth-order valence-corrected chi connectivity index (χ4v) is 4.76. The van der Waals surface area contributed by atoms with E-state index in [0.29, 0.717) is 10.9 Å². The standard InChI is InChI=1S/C14H15N4O4P/c19-18(20)13-4-3-11(12-2-1-5-15-14(12)13)10-22-23(21,16-6-7-16)17-8-9-17/h1-5H,6-10H2. The van der Waals surface area contributed by atoms with Gasteiger partial charge in [-0.1, -0.05) is 6.07 Å². The largest absolute Gasteiger partial charge is 0.346 e. The third-order valence-corrected chi connectivity index (χ3v) is 6.68. The number of pyridine rings is 1. The van der Waals surface area contributed by atoms with Crippen LogP contribution in [0.15, 0.2) is 30.5 Å². The second-order valence-electron chi connectivity index (χ2n) is 5.57. The van der Waals surface area contributed by atoms with Gasteiger partial charge in [0.25, 0.3) is 5.69 Å². The van der Waals surface area contributed by atoms with Gasteiger partial charge in [0.05, 0.1) is 11.5 Å². The van der Waals surface area contributed by atoms with Crippen LogP contribution < -0.4 is 0 Å². The molecule has 0 radical (unpaired) electrons. The second kappa shape index (κ2) is 5.35. The molecule has 0 saturated carbocycles. The van der Waals surface area contributed by atoms with E-state index in [0.717, 1.165) is 31.7 Å². The van der Waals surface area contributed by atoms with E-state index in [4.69, 9.17) is 4.52 Å². The van der Waals surface area contributed by atoms with E-state index in [1.807, 2.05) is 9.34 Å².